The number of halogens is 3. The van der Waals surface area contributed by atoms with Gasteiger partial charge in [0.2, 0.25) is 5.82 Å². The zero-order valence-corrected chi connectivity index (χ0v) is 19.6. The van der Waals surface area contributed by atoms with Gasteiger partial charge < -0.3 is 14.0 Å². The molecule has 0 saturated heterocycles. The normalized spacial score (nSPS) is 13.8. The zero-order valence-electron chi connectivity index (χ0n) is 18.8. The van der Waals surface area contributed by atoms with Gasteiger partial charge in [0, 0.05) is 60.4 Å². The summed E-state index contributed by atoms with van der Waals surface area (Å²) >= 11 is 6.57. The third-order valence-electron chi connectivity index (χ3n) is 5.76. The van der Waals surface area contributed by atoms with E-state index in [1.54, 1.807) is 36.1 Å². The molecule has 0 radical (unpaired) electrons. The van der Waals surface area contributed by atoms with Crippen molar-refractivity contribution in [3.05, 3.63) is 82.5 Å². The predicted octanol–water partition coefficient (Wildman–Crippen LogP) is 4.92. The van der Waals surface area contributed by atoms with E-state index in [-0.39, 0.29) is 17.8 Å². The van der Waals surface area contributed by atoms with Crippen LogP contribution in [0.3, 0.4) is 0 Å². The Morgan fingerprint density at radius 2 is 2.00 bits per heavy atom. The second-order valence-electron chi connectivity index (χ2n) is 8.09. The molecule has 180 valence electrons. The minimum atomic E-state index is -0.890. The van der Waals surface area contributed by atoms with Crippen LogP contribution in [0.15, 0.2) is 48.9 Å². The molecule has 3 heterocycles. The van der Waals surface area contributed by atoms with E-state index in [1.807, 2.05) is 6.07 Å². The number of rotatable bonds is 5. The Morgan fingerprint density at radius 1 is 1.20 bits per heavy atom. The Bertz CT molecular complexity index is 1410. The van der Waals surface area contributed by atoms with Crippen LogP contribution in [-0.2, 0) is 17.8 Å². The largest absolute Gasteiger partial charge is 0.490 e. The molecule has 0 aliphatic carbocycles. The van der Waals surface area contributed by atoms with Gasteiger partial charge in [-0.05, 0) is 37.3 Å². The average molecular weight is 499 g/mol. The number of hydrogen-bond acceptors (Lipinski definition) is 6. The molecule has 2 aromatic heterocycles. The van der Waals surface area contributed by atoms with Gasteiger partial charge in [-0.15, -0.1) is 0 Å². The second kappa shape index (κ2) is 9.59. The molecule has 0 amide bonds. The van der Waals surface area contributed by atoms with Gasteiger partial charge in [0.1, 0.15) is 12.4 Å². The Labute approximate surface area is 204 Å². The van der Waals surface area contributed by atoms with Gasteiger partial charge in [-0.3, -0.25) is 4.90 Å². The monoisotopic (exact) mass is 498 g/mol. The summed E-state index contributed by atoms with van der Waals surface area (Å²) in [6, 6.07) is 7.87. The van der Waals surface area contributed by atoms with Gasteiger partial charge in [0.05, 0.1) is 17.1 Å². The number of fused-ring (bicyclic) bond motifs is 2. The molecule has 0 saturated carbocycles. The van der Waals surface area contributed by atoms with Crippen molar-refractivity contribution in [2.75, 3.05) is 19.8 Å². The van der Waals surface area contributed by atoms with Gasteiger partial charge in [-0.1, -0.05) is 11.6 Å². The Hall–Kier alpha value is -3.56. The van der Waals surface area contributed by atoms with E-state index in [4.69, 9.17) is 21.1 Å². The third kappa shape index (κ3) is 4.56. The summed E-state index contributed by atoms with van der Waals surface area (Å²) in [4.78, 5) is 22.1. The number of nitrogens with zero attached hydrogens (tertiary/aromatic N) is 4. The Balaban J connectivity index is 1.41. The fourth-order valence-corrected chi connectivity index (χ4v) is 4.45. The Kier molecular flexibility index (Phi) is 6.36. The molecule has 2 aromatic carbocycles. The molecule has 5 rings (SSSR count). The highest BCUT2D eigenvalue weighted by atomic mass is 35.5. The maximum atomic E-state index is 14.2. The van der Waals surface area contributed by atoms with Crippen LogP contribution in [0, 0.1) is 11.6 Å². The van der Waals surface area contributed by atoms with Crippen LogP contribution in [0.25, 0.3) is 16.6 Å². The van der Waals surface area contributed by atoms with Crippen molar-refractivity contribution >= 4 is 28.5 Å². The van der Waals surface area contributed by atoms with E-state index in [0.717, 1.165) is 17.2 Å². The third-order valence-corrected chi connectivity index (χ3v) is 6.04. The lowest BCUT2D eigenvalue weighted by atomic mass is 10.1. The number of hydrogen-bond donors (Lipinski definition) is 0. The van der Waals surface area contributed by atoms with Crippen LogP contribution in [0.2, 0.25) is 5.02 Å². The van der Waals surface area contributed by atoms with Crippen molar-refractivity contribution in [3.63, 3.8) is 0 Å². The highest BCUT2D eigenvalue weighted by Gasteiger charge is 2.21. The second-order valence-corrected chi connectivity index (χ2v) is 8.50. The van der Waals surface area contributed by atoms with Gasteiger partial charge in [0.15, 0.2) is 11.6 Å². The number of carbonyl (C=O) groups is 1. The fraction of sp³-hybridized carbons (Fsp3) is 0.240. The van der Waals surface area contributed by atoms with Crippen molar-refractivity contribution in [1.82, 2.24) is 19.4 Å². The van der Waals surface area contributed by atoms with E-state index in [0.29, 0.717) is 48.2 Å². The molecule has 35 heavy (non-hydrogen) atoms. The maximum Gasteiger partial charge on any atom is 0.376 e. The predicted molar refractivity (Wildman–Crippen MR) is 126 cm³/mol. The summed E-state index contributed by atoms with van der Waals surface area (Å²) in [5.74, 6) is -1.71. The molecule has 0 fully saturated rings. The van der Waals surface area contributed by atoms with Gasteiger partial charge in [0.25, 0.3) is 0 Å². The summed E-state index contributed by atoms with van der Waals surface area (Å²) in [6.07, 6.45) is 4.90. The molecule has 1 aliphatic rings. The molecule has 0 unspecified atom stereocenters. The summed E-state index contributed by atoms with van der Waals surface area (Å²) in [6.45, 7) is 4.11. The van der Waals surface area contributed by atoms with Gasteiger partial charge in [-0.2, -0.15) is 0 Å². The molecular weight excluding hydrogens is 478 g/mol. The molecular formula is C25H21ClF2N4O3. The summed E-state index contributed by atoms with van der Waals surface area (Å²) in [7, 11) is 0. The molecule has 1 aliphatic heterocycles. The SMILES string of the molecule is CCOC(=O)c1ncc(CN2CCOc3c(Cl)cc(-n4ccc5c(F)c(F)ccc54)cc3C2)cn1. The van der Waals surface area contributed by atoms with Crippen molar-refractivity contribution in [2.24, 2.45) is 0 Å². The number of aromatic nitrogens is 3. The quantitative estimate of drug-likeness (QED) is 0.364. The first-order chi connectivity index (χ1) is 16.9. The Morgan fingerprint density at radius 3 is 2.77 bits per heavy atom. The highest BCUT2D eigenvalue weighted by Crippen LogP contribution is 2.36. The summed E-state index contributed by atoms with van der Waals surface area (Å²) in [5.41, 5.74) is 2.93. The topological polar surface area (TPSA) is 69.5 Å². The molecule has 10 heteroatoms. The molecule has 0 N–H and O–H groups in total. The highest BCUT2D eigenvalue weighted by molar-refractivity contribution is 6.32. The van der Waals surface area contributed by atoms with Crippen LogP contribution < -0.4 is 4.74 Å². The van der Waals surface area contributed by atoms with Crippen LogP contribution in [-0.4, -0.2) is 45.2 Å². The van der Waals surface area contributed by atoms with E-state index >= 15 is 0 Å². The van der Waals surface area contributed by atoms with E-state index in [1.165, 1.54) is 12.1 Å². The minimum Gasteiger partial charge on any atom is -0.490 e. The number of ether oxygens (including phenoxy) is 2. The van der Waals surface area contributed by atoms with E-state index in [9.17, 15) is 13.6 Å². The van der Waals surface area contributed by atoms with Crippen LogP contribution in [0.4, 0.5) is 8.78 Å². The zero-order chi connectivity index (χ0) is 24.5. The van der Waals surface area contributed by atoms with Gasteiger partial charge in [-0.25, -0.2) is 23.5 Å². The van der Waals surface area contributed by atoms with Crippen molar-refractivity contribution in [1.29, 1.82) is 0 Å². The van der Waals surface area contributed by atoms with Crippen molar-refractivity contribution in [3.8, 4) is 11.4 Å². The number of benzene rings is 2. The average Bonchev–Trinajstić information content (AvgIpc) is 3.17. The summed E-state index contributed by atoms with van der Waals surface area (Å²) in [5, 5.41) is 0.631. The number of carbonyl (C=O) groups excluding carboxylic acids is 1. The molecule has 7 nitrogen and oxygen atoms in total. The maximum absolute atomic E-state index is 14.2. The van der Waals surface area contributed by atoms with Crippen molar-refractivity contribution in [2.45, 2.75) is 20.0 Å². The first-order valence-electron chi connectivity index (χ1n) is 11.1. The van der Waals surface area contributed by atoms with E-state index in [2.05, 4.69) is 14.9 Å². The molecule has 0 spiro atoms. The lowest BCUT2D eigenvalue weighted by molar-refractivity contribution is 0.0511. The van der Waals surface area contributed by atoms with E-state index < -0.39 is 17.6 Å². The first-order valence-corrected chi connectivity index (χ1v) is 11.4. The lowest BCUT2D eigenvalue weighted by Gasteiger charge is -2.19. The smallest absolute Gasteiger partial charge is 0.376 e. The molecule has 0 bridgehead atoms. The standard InChI is InChI=1S/C25H21ClF2N4O3/c1-2-34-25(33)24-29-11-15(12-30-24)13-31-7-8-35-23-16(14-31)9-17(10-19(23)26)32-6-5-18-21(32)4-3-20(27)22(18)28/h3-6,9-12H,2,7-8,13-14H2,1H3. The van der Waals surface area contributed by atoms with Crippen LogP contribution >= 0.6 is 11.6 Å². The van der Waals surface area contributed by atoms with Crippen LogP contribution in [0.5, 0.6) is 5.75 Å². The van der Waals surface area contributed by atoms with Gasteiger partial charge >= 0.3 is 5.97 Å². The fourth-order valence-electron chi connectivity index (χ4n) is 4.16. The first kappa shape index (κ1) is 23.2. The lowest BCUT2D eigenvalue weighted by Crippen LogP contribution is -2.25. The molecule has 4 aromatic rings. The summed E-state index contributed by atoms with van der Waals surface area (Å²) < 4.78 is 40.5. The number of esters is 1. The van der Waals surface area contributed by atoms with Crippen LogP contribution in [0.1, 0.15) is 28.7 Å². The minimum absolute atomic E-state index is 0.0202. The molecule has 0 atom stereocenters. The van der Waals surface area contributed by atoms with Crippen molar-refractivity contribution < 1.29 is 23.0 Å².